The lowest BCUT2D eigenvalue weighted by molar-refractivity contribution is -0.787. The topological polar surface area (TPSA) is 45.7 Å². The van der Waals surface area contributed by atoms with Crippen molar-refractivity contribution < 1.29 is 10.1 Å². The fourth-order valence-electron chi connectivity index (χ4n) is 3.49. The van der Waals surface area contributed by atoms with Crippen LogP contribution < -0.4 is 10.6 Å². The first-order valence-corrected chi connectivity index (χ1v) is 7.48. The monoisotopic (exact) mass is 295 g/mol. The van der Waals surface area contributed by atoms with E-state index in [0.29, 0.717) is 10.6 Å². The molecule has 0 unspecified atom stereocenters. The molecule has 0 spiro atoms. The SMILES string of the molecule is CC1(C)CC(NC(=O)c2ccc(Cl)cc2)CC(C)(C)[NH2+]1. The highest BCUT2D eigenvalue weighted by atomic mass is 35.5. The number of hydrogen-bond acceptors (Lipinski definition) is 1. The second-order valence-electron chi connectivity index (χ2n) is 7.21. The Morgan fingerprint density at radius 1 is 1.15 bits per heavy atom. The van der Waals surface area contributed by atoms with E-state index in [1.807, 2.05) is 0 Å². The summed E-state index contributed by atoms with van der Waals surface area (Å²) < 4.78 is 0. The van der Waals surface area contributed by atoms with Gasteiger partial charge in [0.25, 0.3) is 5.91 Å². The van der Waals surface area contributed by atoms with Gasteiger partial charge in [0.05, 0.1) is 11.1 Å². The zero-order chi connectivity index (χ0) is 15.0. The average Bonchev–Trinajstić information content (AvgIpc) is 2.25. The molecule has 1 amide bonds. The molecule has 3 N–H and O–H groups in total. The second-order valence-corrected chi connectivity index (χ2v) is 7.64. The highest BCUT2D eigenvalue weighted by molar-refractivity contribution is 6.30. The van der Waals surface area contributed by atoms with Gasteiger partial charge in [0.1, 0.15) is 0 Å². The lowest BCUT2D eigenvalue weighted by atomic mass is 9.79. The van der Waals surface area contributed by atoms with Gasteiger partial charge < -0.3 is 10.6 Å². The molecule has 0 saturated carbocycles. The predicted octanol–water partition coefficient (Wildman–Crippen LogP) is 2.35. The molecule has 1 aromatic rings. The highest BCUT2D eigenvalue weighted by Crippen LogP contribution is 2.22. The fourth-order valence-corrected chi connectivity index (χ4v) is 3.62. The number of quaternary nitrogens is 1. The molecular formula is C16H24ClN2O+. The molecule has 4 heteroatoms. The molecule has 1 aliphatic rings. The summed E-state index contributed by atoms with van der Waals surface area (Å²) in [5.74, 6) is -0.0137. The third kappa shape index (κ3) is 3.97. The summed E-state index contributed by atoms with van der Waals surface area (Å²) in [6.45, 7) is 8.93. The van der Waals surface area contributed by atoms with Crippen molar-refractivity contribution in [3.8, 4) is 0 Å². The van der Waals surface area contributed by atoms with Crippen LogP contribution in [0, 0.1) is 0 Å². The fraction of sp³-hybridized carbons (Fsp3) is 0.562. The minimum atomic E-state index is -0.0137. The van der Waals surface area contributed by atoms with Crippen molar-refractivity contribution in [1.82, 2.24) is 5.32 Å². The molecule has 0 bridgehead atoms. The van der Waals surface area contributed by atoms with Gasteiger partial charge >= 0.3 is 0 Å². The van der Waals surface area contributed by atoms with Crippen LogP contribution in [-0.4, -0.2) is 23.0 Å². The zero-order valence-corrected chi connectivity index (χ0v) is 13.4. The van der Waals surface area contributed by atoms with E-state index in [2.05, 4.69) is 38.3 Å². The van der Waals surface area contributed by atoms with Gasteiger partial charge in [-0.05, 0) is 52.0 Å². The Labute approximate surface area is 126 Å². The number of carbonyl (C=O) groups is 1. The van der Waals surface area contributed by atoms with Gasteiger partial charge in [0.15, 0.2) is 0 Å². The molecule has 1 saturated heterocycles. The second kappa shape index (κ2) is 5.38. The summed E-state index contributed by atoms with van der Waals surface area (Å²) >= 11 is 5.85. The molecule has 3 nitrogen and oxygen atoms in total. The van der Waals surface area contributed by atoms with Crippen LogP contribution in [0.3, 0.4) is 0 Å². The zero-order valence-electron chi connectivity index (χ0n) is 12.7. The lowest BCUT2D eigenvalue weighted by Crippen LogP contribution is -3.06. The van der Waals surface area contributed by atoms with Gasteiger partial charge in [-0.1, -0.05) is 11.6 Å². The maximum absolute atomic E-state index is 12.3. The Hall–Kier alpha value is -1.06. The van der Waals surface area contributed by atoms with Crippen molar-refractivity contribution in [2.75, 3.05) is 0 Å². The van der Waals surface area contributed by atoms with Crippen molar-refractivity contribution in [3.63, 3.8) is 0 Å². The molecule has 1 aliphatic heterocycles. The minimum absolute atomic E-state index is 0.0137. The quantitative estimate of drug-likeness (QED) is 0.864. The summed E-state index contributed by atoms with van der Waals surface area (Å²) in [5, 5.41) is 6.22. The molecule has 20 heavy (non-hydrogen) atoms. The molecule has 1 fully saturated rings. The minimum Gasteiger partial charge on any atom is -0.349 e. The van der Waals surface area contributed by atoms with Gasteiger partial charge in [0, 0.05) is 29.5 Å². The van der Waals surface area contributed by atoms with Crippen LogP contribution in [0.5, 0.6) is 0 Å². The number of halogens is 1. The van der Waals surface area contributed by atoms with Crippen LogP contribution >= 0.6 is 11.6 Å². The van der Waals surface area contributed by atoms with E-state index < -0.39 is 0 Å². The van der Waals surface area contributed by atoms with E-state index in [4.69, 9.17) is 11.6 Å². The molecule has 2 rings (SSSR count). The van der Waals surface area contributed by atoms with Crippen LogP contribution in [-0.2, 0) is 0 Å². The molecule has 0 aromatic heterocycles. The van der Waals surface area contributed by atoms with E-state index in [-0.39, 0.29) is 23.0 Å². The van der Waals surface area contributed by atoms with Gasteiger partial charge in [0.2, 0.25) is 0 Å². The van der Waals surface area contributed by atoms with Crippen LogP contribution in [0.4, 0.5) is 0 Å². The first-order valence-electron chi connectivity index (χ1n) is 7.10. The summed E-state index contributed by atoms with van der Waals surface area (Å²) in [4.78, 5) is 12.3. The third-order valence-corrected chi connectivity index (χ3v) is 4.02. The summed E-state index contributed by atoms with van der Waals surface area (Å²) in [7, 11) is 0. The first kappa shape index (κ1) is 15.3. The van der Waals surface area contributed by atoms with Gasteiger partial charge in [-0.25, -0.2) is 0 Å². The summed E-state index contributed by atoms with van der Waals surface area (Å²) in [6, 6.07) is 7.25. The number of carbonyl (C=O) groups excluding carboxylic acids is 1. The number of nitrogens with two attached hydrogens (primary N) is 1. The predicted molar refractivity (Wildman–Crippen MR) is 82.0 cm³/mol. The van der Waals surface area contributed by atoms with E-state index >= 15 is 0 Å². The van der Waals surface area contributed by atoms with E-state index in [1.165, 1.54) is 0 Å². The molecule has 110 valence electrons. The van der Waals surface area contributed by atoms with E-state index in [1.54, 1.807) is 24.3 Å². The van der Waals surface area contributed by atoms with Crippen LogP contribution in [0.2, 0.25) is 5.02 Å². The number of rotatable bonds is 2. The first-order chi connectivity index (χ1) is 9.17. The standard InChI is InChI=1S/C16H23ClN2O/c1-15(2)9-13(10-16(3,4)19-15)18-14(20)11-5-7-12(17)8-6-11/h5-8,13,19H,9-10H2,1-4H3,(H,18,20)/p+1. The molecule has 1 heterocycles. The molecule has 0 aliphatic carbocycles. The van der Waals surface area contributed by atoms with Crippen molar-refractivity contribution in [2.24, 2.45) is 0 Å². The van der Waals surface area contributed by atoms with Gasteiger partial charge in [-0.15, -0.1) is 0 Å². The Kier molecular flexibility index (Phi) is 4.12. The maximum Gasteiger partial charge on any atom is 0.251 e. The van der Waals surface area contributed by atoms with Gasteiger partial charge in [-0.2, -0.15) is 0 Å². The average molecular weight is 296 g/mol. The van der Waals surface area contributed by atoms with Crippen molar-refractivity contribution in [3.05, 3.63) is 34.9 Å². The number of nitrogens with one attached hydrogen (secondary N) is 1. The summed E-state index contributed by atoms with van der Waals surface area (Å²) in [6.07, 6.45) is 1.96. The Balaban J connectivity index is 2.05. The number of piperidine rings is 1. The van der Waals surface area contributed by atoms with Crippen LogP contribution in [0.25, 0.3) is 0 Å². The number of hydrogen-bond donors (Lipinski definition) is 2. The van der Waals surface area contributed by atoms with E-state index in [9.17, 15) is 4.79 Å². The van der Waals surface area contributed by atoms with Crippen molar-refractivity contribution >= 4 is 17.5 Å². The van der Waals surface area contributed by atoms with Crippen LogP contribution in [0.1, 0.15) is 50.9 Å². The third-order valence-electron chi connectivity index (χ3n) is 3.77. The van der Waals surface area contributed by atoms with Gasteiger partial charge in [-0.3, -0.25) is 4.79 Å². The number of benzene rings is 1. The largest absolute Gasteiger partial charge is 0.349 e. The summed E-state index contributed by atoms with van der Waals surface area (Å²) in [5.41, 5.74) is 0.971. The van der Waals surface area contributed by atoms with Crippen LogP contribution in [0.15, 0.2) is 24.3 Å². The Morgan fingerprint density at radius 2 is 1.65 bits per heavy atom. The molecule has 1 aromatic carbocycles. The van der Waals surface area contributed by atoms with Crippen molar-refractivity contribution in [1.29, 1.82) is 0 Å². The Morgan fingerprint density at radius 3 is 2.15 bits per heavy atom. The molecular weight excluding hydrogens is 272 g/mol. The maximum atomic E-state index is 12.3. The normalized spacial score (nSPS) is 21.4. The molecule has 0 radical (unpaired) electrons. The smallest absolute Gasteiger partial charge is 0.251 e. The van der Waals surface area contributed by atoms with Crippen molar-refractivity contribution in [2.45, 2.75) is 57.7 Å². The van der Waals surface area contributed by atoms with E-state index in [0.717, 1.165) is 12.8 Å². The number of amides is 1. The Bertz CT molecular complexity index is 478. The lowest BCUT2D eigenvalue weighted by Gasteiger charge is -2.43. The highest BCUT2D eigenvalue weighted by Gasteiger charge is 2.42. The molecule has 0 atom stereocenters.